The topological polar surface area (TPSA) is 38.9 Å². The van der Waals surface area contributed by atoms with Crippen molar-refractivity contribution in [3.05, 3.63) is 18.3 Å². The molecule has 13 heavy (non-hydrogen) atoms. The zero-order valence-electron chi connectivity index (χ0n) is 8.32. The summed E-state index contributed by atoms with van der Waals surface area (Å²) in [6.45, 7) is 6.68. The van der Waals surface area contributed by atoms with Crippen molar-refractivity contribution < 1.29 is 0 Å². The van der Waals surface area contributed by atoms with Crippen molar-refractivity contribution in [2.75, 3.05) is 5.73 Å². The number of nitrogens with zero attached hydrogens (tertiary/aromatic N) is 1. The van der Waals surface area contributed by atoms with Crippen molar-refractivity contribution in [3.8, 4) is 0 Å². The molecular weight excluding hydrogens is 180 g/mol. The van der Waals surface area contributed by atoms with Gasteiger partial charge in [-0.05, 0) is 18.1 Å². The van der Waals surface area contributed by atoms with Gasteiger partial charge < -0.3 is 5.73 Å². The lowest BCUT2D eigenvalue weighted by Gasteiger charge is -2.14. The number of pyridine rings is 1. The minimum Gasteiger partial charge on any atom is -0.384 e. The summed E-state index contributed by atoms with van der Waals surface area (Å²) in [5.74, 6) is 1.28. The summed E-state index contributed by atoms with van der Waals surface area (Å²) < 4.78 is 0. The van der Waals surface area contributed by atoms with Gasteiger partial charge in [0.2, 0.25) is 0 Å². The number of hydrogen-bond acceptors (Lipinski definition) is 3. The van der Waals surface area contributed by atoms with E-state index in [0.29, 0.717) is 17.0 Å². The maximum Gasteiger partial charge on any atom is 0.124 e. The van der Waals surface area contributed by atoms with Crippen LogP contribution in [-0.4, -0.2) is 10.2 Å². The third kappa shape index (κ3) is 3.27. The highest BCUT2D eigenvalue weighted by Crippen LogP contribution is 2.27. The van der Waals surface area contributed by atoms with E-state index in [4.69, 9.17) is 5.73 Å². The van der Waals surface area contributed by atoms with Crippen LogP contribution >= 0.6 is 11.8 Å². The summed E-state index contributed by atoms with van der Waals surface area (Å²) in [5, 5.41) is 0.613. The van der Waals surface area contributed by atoms with E-state index in [0.717, 1.165) is 0 Å². The van der Waals surface area contributed by atoms with Crippen LogP contribution in [0.5, 0.6) is 0 Å². The summed E-state index contributed by atoms with van der Waals surface area (Å²) in [6, 6.07) is 3.92. The van der Waals surface area contributed by atoms with Crippen molar-refractivity contribution in [1.82, 2.24) is 4.98 Å². The zero-order chi connectivity index (χ0) is 9.84. The van der Waals surface area contributed by atoms with E-state index in [1.165, 1.54) is 4.90 Å². The fourth-order valence-electron chi connectivity index (χ4n) is 0.852. The van der Waals surface area contributed by atoms with Crippen LogP contribution in [0.1, 0.15) is 20.8 Å². The lowest BCUT2D eigenvalue weighted by atomic mass is 10.2. The van der Waals surface area contributed by atoms with Crippen LogP contribution in [0.4, 0.5) is 5.82 Å². The minimum absolute atomic E-state index is 0.598. The van der Waals surface area contributed by atoms with Gasteiger partial charge in [0.15, 0.2) is 0 Å². The molecule has 2 N–H and O–H groups in total. The molecule has 0 aromatic carbocycles. The van der Waals surface area contributed by atoms with Crippen molar-refractivity contribution in [1.29, 1.82) is 0 Å². The SMILES string of the molecule is CC(C)C(C)Sc1ccnc(N)c1. The lowest BCUT2D eigenvalue weighted by Crippen LogP contribution is -2.05. The first kappa shape index (κ1) is 10.4. The normalized spacial score (nSPS) is 13.2. The van der Waals surface area contributed by atoms with E-state index < -0.39 is 0 Å². The maximum absolute atomic E-state index is 5.59. The molecule has 1 atom stereocenters. The van der Waals surface area contributed by atoms with Crippen LogP contribution in [0.25, 0.3) is 0 Å². The summed E-state index contributed by atoms with van der Waals surface area (Å²) in [6.07, 6.45) is 1.75. The van der Waals surface area contributed by atoms with Gasteiger partial charge >= 0.3 is 0 Å². The number of hydrogen-bond donors (Lipinski definition) is 1. The molecule has 0 aliphatic heterocycles. The Hall–Kier alpha value is -0.700. The predicted molar refractivity (Wildman–Crippen MR) is 58.8 cm³/mol. The number of nitrogens with two attached hydrogens (primary N) is 1. The van der Waals surface area contributed by atoms with E-state index >= 15 is 0 Å². The zero-order valence-corrected chi connectivity index (χ0v) is 9.14. The molecule has 0 aliphatic rings. The molecule has 0 saturated carbocycles. The van der Waals surface area contributed by atoms with Gasteiger partial charge in [0, 0.05) is 16.3 Å². The standard InChI is InChI=1S/C10H16N2S/c1-7(2)8(3)13-9-4-5-12-10(11)6-9/h4-8H,1-3H3,(H2,11,12). The highest BCUT2D eigenvalue weighted by molar-refractivity contribution is 8.00. The van der Waals surface area contributed by atoms with Gasteiger partial charge in [0.05, 0.1) is 0 Å². The molecule has 0 bridgehead atoms. The van der Waals surface area contributed by atoms with E-state index in [1.807, 2.05) is 23.9 Å². The molecule has 0 saturated heterocycles. The van der Waals surface area contributed by atoms with Gasteiger partial charge in [0.25, 0.3) is 0 Å². The molecule has 0 aliphatic carbocycles. The average Bonchev–Trinajstić information content (AvgIpc) is 2.04. The number of anilines is 1. The highest BCUT2D eigenvalue weighted by atomic mass is 32.2. The first-order valence-corrected chi connectivity index (χ1v) is 5.35. The third-order valence-electron chi connectivity index (χ3n) is 2.01. The quantitative estimate of drug-likeness (QED) is 0.755. The molecule has 2 nitrogen and oxygen atoms in total. The Morgan fingerprint density at radius 1 is 1.38 bits per heavy atom. The van der Waals surface area contributed by atoms with E-state index in [-0.39, 0.29) is 0 Å². The Labute approximate surface area is 83.9 Å². The minimum atomic E-state index is 0.598. The van der Waals surface area contributed by atoms with E-state index in [1.54, 1.807) is 6.20 Å². The number of nitrogen functional groups attached to an aromatic ring is 1. The van der Waals surface area contributed by atoms with Crippen molar-refractivity contribution in [2.24, 2.45) is 5.92 Å². The second kappa shape index (κ2) is 4.51. The Balaban J connectivity index is 2.64. The maximum atomic E-state index is 5.59. The van der Waals surface area contributed by atoms with Gasteiger partial charge in [-0.3, -0.25) is 0 Å². The summed E-state index contributed by atoms with van der Waals surface area (Å²) in [5.41, 5.74) is 5.59. The van der Waals surface area contributed by atoms with Crippen LogP contribution < -0.4 is 5.73 Å². The largest absolute Gasteiger partial charge is 0.384 e. The Morgan fingerprint density at radius 2 is 2.08 bits per heavy atom. The first-order chi connectivity index (χ1) is 6.09. The Bertz CT molecular complexity index is 273. The molecule has 1 unspecified atom stereocenters. The fraction of sp³-hybridized carbons (Fsp3) is 0.500. The van der Waals surface area contributed by atoms with E-state index in [9.17, 15) is 0 Å². The molecular formula is C10H16N2S. The molecule has 1 rings (SSSR count). The third-order valence-corrected chi connectivity index (χ3v) is 3.46. The molecule has 1 heterocycles. The molecule has 72 valence electrons. The van der Waals surface area contributed by atoms with Crippen LogP contribution in [0.15, 0.2) is 23.2 Å². The van der Waals surface area contributed by atoms with Crippen LogP contribution in [-0.2, 0) is 0 Å². The van der Waals surface area contributed by atoms with Crippen LogP contribution in [0, 0.1) is 5.92 Å². The monoisotopic (exact) mass is 196 g/mol. The summed E-state index contributed by atoms with van der Waals surface area (Å²) >= 11 is 1.85. The first-order valence-electron chi connectivity index (χ1n) is 4.48. The Kier molecular flexibility index (Phi) is 3.60. The van der Waals surface area contributed by atoms with E-state index in [2.05, 4.69) is 25.8 Å². The molecule has 0 amide bonds. The number of aromatic nitrogens is 1. The molecule has 0 spiro atoms. The fourth-order valence-corrected chi connectivity index (χ4v) is 1.88. The second-order valence-corrected chi connectivity index (χ2v) is 4.93. The number of thioether (sulfide) groups is 1. The van der Waals surface area contributed by atoms with Crippen molar-refractivity contribution in [2.45, 2.75) is 30.9 Å². The van der Waals surface area contributed by atoms with Gasteiger partial charge in [-0.25, -0.2) is 4.98 Å². The van der Waals surface area contributed by atoms with Gasteiger partial charge in [-0.2, -0.15) is 0 Å². The Morgan fingerprint density at radius 3 is 2.62 bits per heavy atom. The summed E-state index contributed by atoms with van der Waals surface area (Å²) in [4.78, 5) is 5.16. The molecule has 0 fully saturated rings. The van der Waals surface area contributed by atoms with Crippen LogP contribution in [0.3, 0.4) is 0 Å². The average molecular weight is 196 g/mol. The van der Waals surface area contributed by atoms with Crippen LogP contribution in [0.2, 0.25) is 0 Å². The second-order valence-electron chi connectivity index (χ2n) is 3.48. The summed E-state index contributed by atoms with van der Waals surface area (Å²) in [7, 11) is 0. The van der Waals surface area contributed by atoms with Crippen molar-refractivity contribution in [3.63, 3.8) is 0 Å². The van der Waals surface area contributed by atoms with Gasteiger partial charge in [-0.1, -0.05) is 20.8 Å². The predicted octanol–water partition coefficient (Wildman–Crippen LogP) is 2.80. The van der Waals surface area contributed by atoms with Gasteiger partial charge in [0.1, 0.15) is 5.82 Å². The molecule has 1 aromatic rings. The molecule has 1 aromatic heterocycles. The van der Waals surface area contributed by atoms with Gasteiger partial charge in [-0.15, -0.1) is 11.8 Å². The van der Waals surface area contributed by atoms with Crippen molar-refractivity contribution >= 4 is 17.6 Å². The highest BCUT2D eigenvalue weighted by Gasteiger charge is 2.08. The molecule has 3 heteroatoms. The number of rotatable bonds is 3. The smallest absolute Gasteiger partial charge is 0.124 e. The molecule has 0 radical (unpaired) electrons. The lowest BCUT2D eigenvalue weighted by molar-refractivity contribution is 0.642.